The predicted molar refractivity (Wildman–Crippen MR) is 154 cm³/mol. The standard InChI is InChI=1S/C26H21NO7.C6H13NO/c1-31-19-9-7-18(8-10-19)26(30)20(12-15-2-4-16(5-3-15)24(27)28)23(25(29)34-26)17-6-11-21-22(13-17)33-14-32-21;1-2-7-3-5-8-6-4-7/h2-11,13,30H,12,14H2,1H3,(H2,27,28);2-6H2,1H3. The van der Waals surface area contributed by atoms with Gasteiger partial charge in [0.2, 0.25) is 12.7 Å². The highest BCUT2D eigenvalue weighted by molar-refractivity contribution is 6.20. The summed E-state index contributed by atoms with van der Waals surface area (Å²) >= 11 is 0. The van der Waals surface area contributed by atoms with E-state index in [0.29, 0.717) is 39.5 Å². The van der Waals surface area contributed by atoms with Gasteiger partial charge in [-0.2, -0.15) is 0 Å². The number of hydrogen-bond donors (Lipinski definition) is 2. The fraction of sp³-hybridized carbons (Fsp3) is 0.312. The molecule has 3 aromatic rings. The Labute approximate surface area is 244 Å². The van der Waals surface area contributed by atoms with Gasteiger partial charge in [0.25, 0.3) is 5.79 Å². The molecular weight excluding hydrogens is 540 g/mol. The van der Waals surface area contributed by atoms with E-state index in [2.05, 4.69) is 11.8 Å². The zero-order chi connectivity index (χ0) is 29.7. The summed E-state index contributed by atoms with van der Waals surface area (Å²) < 4.78 is 26.8. The number of carbonyl (C=O) groups is 2. The summed E-state index contributed by atoms with van der Waals surface area (Å²) in [6.07, 6.45) is 0.178. The molecule has 1 amide bonds. The van der Waals surface area contributed by atoms with Gasteiger partial charge < -0.3 is 34.5 Å². The number of ether oxygens (including phenoxy) is 5. The summed E-state index contributed by atoms with van der Waals surface area (Å²) in [4.78, 5) is 27.0. The molecular formula is C32H34N2O8. The summed E-state index contributed by atoms with van der Waals surface area (Å²) in [7, 11) is 1.54. The number of nitrogens with two attached hydrogens (primary N) is 1. The van der Waals surface area contributed by atoms with Crippen LogP contribution in [0.5, 0.6) is 17.2 Å². The first-order chi connectivity index (χ1) is 20.3. The van der Waals surface area contributed by atoms with Gasteiger partial charge in [0.05, 0.1) is 25.9 Å². The van der Waals surface area contributed by atoms with Crippen molar-refractivity contribution in [3.63, 3.8) is 0 Å². The zero-order valence-corrected chi connectivity index (χ0v) is 23.6. The van der Waals surface area contributed by atoms with E-state index >= 15 is 0 Å². The van der Waals surface area contributed by atoms with Crippen LogP contribution in [0.25, 0.3) is 5.57 Å². The van der Waals surface area contributed by atoms with Crippen molar-refractivity contribution < 1.29 is 38.4 Å². The molecule has 3 aromatic carbocycles. The molecule has 0 radical (unpaired) electrons. The molecule has 1 fully saturated rings. The fourth-order valence-electron chi connectivity index (χ4n) is 5.05. The van der Waals surface area contributed by atoms with Crippen molar-refractivity contribution >= 4 is 17.4 Å². The third kappa shape index (κ3) is 6.11. The van der Waals surface area contributed by atoms with Gasteiger partial charge in [-0.15, -0.1) is 0 Å². The minimum absolute atomic E-state index is 0.0944. The Bertz CT molecular complexity index is 1460. The number of primary amides is 1. The molecule has 1 unspecified atom stereocenters. The topological polar surface area (TPSA) is 130 Å². The molecule has 3 heterocycles. The molecule has 220 valence electrons. The molecule has 1 saturated heterocycles. The van der Waals surface area contributed by atoms with E-state index in [0.717, 1.165) is 31.9 Å². The van der Waals surface area contributed by atoms with Crippen LogP contribution in [-0.4, -0.2) is 68.6 Å². The predicted octanol–water partition coefficient (Wildman–Crippen LogP) is 3.26. The first-order valence-electron chi connectivity index (χ1n) is 13.7. The van der Waals surface area contributed by atoms with Gasteiger partial charge in [-0.25, -0.2) is 4.79 Å². The van der Waals surface area contributed by atoms with Crippen molar-refractivity contribution in [1.82, 2.24) is 4.90 Å². The van der Waals surface area contributed by atoms with E-state index in [1.165, 1.54) is 13.7 Å². The third-order valence-corrected chi connectivity index (χ3v) is 7.47. The normalized spacial score (nSPS) is 19.6. The second-order valence-corrected chi connectivity index (χ2v) is 9.97. The Morgan fingerprint density at radius 1 is 1.00 bits per heavy atom. The van der Waals surface area contributed by atoms with E-state index in [1.807, 2.05) is 0 Å². The second-order valence-electron chi connectivity index (χ2n) is 9.97. The summed E-state index contributed by atoms with van der Waals surface area (Å²) in [6, 6.07) is 18.4. The van der Waals surface area contributed by atoms with E-state index < -0.39 is 17.7 Å². The van der Waals surface area contributed by atoms with Crippen molar-refractivity contribution in [2.75, 3.05) is 46.8 Å². The van der Waals surface area contributed by atoms with Crippen LogP contribution in [0.2, 0.25) is 0 Å². The minimum Gasteiger partial charge on any atom is -0.497 e. The number of amides is 1. The monoisotopic (exact) mass is 574 g/mol. The lowest BCUT2D eigenvalue weighted by atomic mass is 9.88. The molecule has 42 heavy (non-hydrogen) atoms. The van der Waals surface area contributed by atoms with Crippen molar-refractivity contribution in [1.29, 1.82) is 0 Å². The first kappa shape index (κ1) is 29.1. The van der Waals surface area contributed by atoms with Gasteiger partial charge in [-0.1, -0.05) is 25.1 Å². The van der Waals surface area contributed by atoms with E-state index in [-0.39, 0.29) is 18.8 Å². The molecule has 0 aromatic heterocycles. The molecule has 3 N–H and O–H groups in total. The van der Waals surface area contributed by atoms with Gasteiger partial charge in [-0.3, -0.25) is 9.69 Å². The molecule has 0 bridgehead atoms. The lowest BCUT2D eigenvalue weighted by Crippen LogP contribution is -2.35. The number of rotatable bonds is 7. The molecule has 3 aliphatic heterocycles. The number of aliphatic hydroxyl groups is 1. The Morgan fingerprint density at radius 3 is 2.31 bits per heavy atom. The molecule has 0 spiro atoms. The van der Waals surface area contributed by atoms with Crippen molar-refractivity contribution in [2.45, 2.75) is 19.1 Å². The zero-order valence-electron chi connectivity index (χ0n) is 23.6. The average Bonchev–Trinajstić information content (AvgIpc) is 3.59. The summed E-state index contributed by atoms with van der Waals surface area (Å²) in [5.41, 5.74) is 7.95. The van der Waals surface area contributed by atoms with Crippen LogP contribution in [0.3, 0.4) is 0 Å². The highest BCUT2D eigenvalue weighted by Gasteiger charge is 2.48. The number of fused-ring (bicyclic) bond motifs is 1. The van der Waals surface area contributed by atoms with Crippen molar-refractivity contribution in [3.05, 3.63) is 94.6 Å². The maximum Gasteiger partial charge on any atom is 0.342 e. The maximum absolute atomic E-state index is 13.1. The highest BCUT2D eigenvalue weighted by Crippen LogP contribution is 2.46. The van der Waals surface area contributed by atoms with Crippen LogP contribution in [0.15, 0.2) is 72.3 Å². The molecule has 6 rings (SSSR count). The van der Waals surface area contributed by atoms with Gasteiger partial charge in [0.15, 0.2) is 11.5 Å². The highest BCUT2D eigenvalue weighted by atomic mass is 16.7. The van der Waals surface area contributed by atoms with Crippen LogP contribution in [0.1, 0.15) is 34.0 Å². The van der Waals surface area contributed by atoms with Gasteiger partial charge in [0, 0.05) is 36.2 Å². The number of benzene rings is 3. The molecule has 10 nitrogen and oxygen atoms in total. The number of esters is 1. The lowest BCUT2D eigenvalue weighted by Gasteiger charge is -2.26. The number of hydrogen-bond acceptors (Lipinski definition) is 9. The Morgan fingerprint density at radius 2 is 1.69 bits per heavy atom. The fourth-order valence-corrected chi connectivity index (χ4v) is 5.05. The first-order valence-corrected chi connectivity index (χ1v) is 13.7. The number of nitrogens with zero attached hydrogens (tertiary/aromatic N) is 1. The summed E-state index contributed by atoms with van der Waals surface area (Å²) in [5, 5.41) is 11.7. The number of methoxy groups -OCH3 is 1. The van der Waals surface area contributed by atoms with E-state index in [1.54, 1.807) is 66.7 Å². The minimum atomic E-state index is -2.00. The lowest BCUT2D eigenvalue weighted by molar-refractivity contribution is -0.185. The molecule has 10 heteroatoms. The SMILES string of the molecule is CCN1CCOCC1.COc1ccc(C2(O)OC(=O)C(c3ccc4c(c3)OCO4)=C2Cc2ccc(C(N)=O)cc2)cc1. The molecule has 0 aliphatic carbocycles. The molecule has 1 atom stereocenters. The Kier molecular flexibility index (Phi) is 8.77. The number of morpholine rings is 1. The van der Waals surface area contributed by atoms with Crippen molar-refractivity contribution in [2.24, 2.45) is 5.73 Å². The van der Waals surface area contributed by atoms with Crippen LogP contribution in [-0.2, 0) is 26.5 Å². The quantitative estimate of drug-likeness (QED) is 0.409. The second kappa shape index (κ2) is 12.6. The van der Waals surface area contributed by atoms with Crippen LogP contribution in [0, 0.1) is 0 Å². The summed E-state index contributed by atoms with van der Waals surface area (Å²) in [5.74, 6) is -1.54. The van der Waals surface area contributed by atoms with Gasteiger partial charge >= 0.3 is 5.97 Å². The van der Waals surface area contributed by atoms with Gasteiger partial charge in [0.1, 0.15) is 5.75 Å². The number of cyclic esters (lactones) is 1. The van der Waals surface area contributed by atoms with Crippen LogP contribution in [0.4, 0.5) is 0 Å². The number of likely N-dealkylation sites (N-methyl/N-ethyl adjacent to an activating group) is 1. The van der Waals surface area contributed by atoms with Crippen LogP contribution >= 0.6 is 0 Å². The Hall–Kier alpha value is -4.38. The van der Waals surface area contributed by atoms with Crippen LogP contribution < -0.4 is 19.9 Å². The van der Waals surface area contributed by atoms with E-state index in [9.17, 15) is 14.7 Å². The van der Waals surface area contributed by atoms with Crippen molar-refractivity contribution in [3.8, 4) is 17.2 Å². The number of carbonyl (C=O) groups excluding carboxylic acids is 2. The largest absolute Gasteiger partial charge is 0.497 e. The van der Waals surface area contributed by atoms with E-state index in [4.69, 9.17) is 29.4 Å². The summed E-state index contributed by atoms with van der Waals surface area (Å²) in [6.45, 7) is 7.54. The average molecular weight is 575 g/mol. The molecule has 0 saturated carbocycles. The maximum atomic E-state index is 13.1. The molecule has 3 aliphatic rings. The van der Waals surface area contributed by atoms with Gasteiger partial charge in [-0.05, 0) is 66.2 Å². The third-order valence-electron chi connectivity index (χ3n) is 7.47. The smallest absolute Gasteiger partial charge is 0.342 e. The Balaban J connectivity index is 0.000000382.